The molecule has 6 nitrogen and oxygen atoms in total. The third kappa shape index (κ3) is 3.66. The minimum Gasteiger partial charge on any atom is -0.348 e. The minimum atomic E-state index is -0.0663. The number of anilines is 1. The first-order chi connectivity index (χ1) is 13.9. The molecule has 6 heteroatoms. The number of benzene rings is 1. The molecule has 0 unspecified atom stereocenters. The molecule has 0 spiro atoms. The zero-order valence-electron chi connectivity index (χ0n) is 16.9. The molecule has 0 radical (unpaired) electrons. The number of amides is 2. The van der Waals surface area contributed by atoms with Crippen LogP contribution in [0.25, 0.3) is 17.0 Å². The topological polar surface area (TPSA) is 67.2 Å². The quantitative estimate of drug-likeness (QED) is 0.696. The van der Waals surface area contributed by atoms with Gasteiger partial charge in [0, 0.05) is 55.9 Å². The summed E-state index contributed by atoms with van der Waals surface area (Å²) in [5.41, 5.74) is 5.35. The maximum atomic E-state index is 12.7. The molecule has 0 saturated heterocycles. The highest BCUT2D eigenvalue weighted by atomic mass is 16.2. The minimum absolute atomic E-state index is 0.00572. The lowest BCUT2D eigenvalue weighted by Crippen LogP contribution is -2.24. The van der Waals surface area contributed by atoms with E-state index >= 15 is 0 Å². The van der Waals surface area contributed by atoms with Crippen LogP contribution in [0, 0.1) is 6.92 Å². The number of aryl methyl sites for hydroxylation is 2. The largest absolute Gasteiger partial charge is 0.348 e. The van der Waals surface area contributed by atoms with Gasteiger partial charge in [-0.05, 0) is 48.2 Å². The number of pyridine rings is 1. The first-order valence-electron chi connectivity index (χ1n) is 9.69. The van der Waals surface area contributed by atoms with Gasteiger partial charge in [0.05, 0.1) is 0 Å². The Morgan fingerprint density at radius 2 is 2.10 bits per heavy atom. The van der Waals surface area contributed by atoms with E-state index in [0.717, 1.165) is 16.8 Å². The van der Waals surface area contributed by atoms with E-state index in [9.17, 15) is 9.59 Å². The highest BCUT2D eigenvalue weighted by Crippen LogP contribution is 2.26. The zero-order valence-corrected chi connectivity index (χ0v) is 16.9. The Bertz CT molecular complexity index is 1140. The molecule has 0 aliphatic carbocycles. The molecule has 1 aromatic carbocycles. The number of likely N-dealkylation sites (N-methyl/N-ethyl adjacent to an activating group) is 1. The lowest BCUT2D eigenvalue weighted by Gasteiger charge is -2.16. The summed E-state index contributed by atoms with van der Waals surface area (Å²) >= 11 is 0. The van der Waals surface area contributed by atoms with Gasteiger partial charge in [0.25, 0.3) is 0 Å². The Balaban J connectivity index is 1.49. The number of fused-ring (bicyclic) bond motifs is 2. The van der Waals surface area contributed by atoms with Crippen molar-refractivity contribution in [2.75, 3.05) is 12.4 Å². The summed E-state index contributed by atoms with van der Waals surface area (Å²) in [6, 6.07) is 10.2. The van der Waals surface area contributed by atoms with Crippen LogP contribution < -0.4 is 5.32 Å². The van der Waals surface area contributed by atoms with Crippen LogP contribution in [0.2, 0.25) is 0 Å². The number of nitrogens with one attached hydrogen (secondary N) is 1. The zero-order chi connectivity index (χ0) is 20.5. The second-order valence-corrected chi connectivity index (χ2v) is 7.49. The fourth-order valence-corrected chi connectivity index (χ4v) is 3.77. The molecule has 0 saturated carbocycles. The van der Waals surface area contributed by atoms with Crippen molar-refractivity contribution < 1.29 is 9.59 Å². The van der Waals surface area contributed by atoms with Gasteiger partial charge in [-0.2, -0.15) is 0 Å². The third-order valence-corrected chi connectivity index (χ3v) is 5.59. The van der Waals surface area contributed by atoms with Gasteiger partial charge < -0.3 is 14.8 Å². The van der Waals surface area contributed by atoms with Crippen molar-refractivity contribution in [1.29, 1.82) is 0 Å². The average Bonchev–Trinajstić information content (AvgIpc) is 2.97. The molecule has 1 aliphatic heterocycles. The van der Waals surface area contributed by atoms with Crippen LogP contribution in [-0.4, -0.2) is 33.3 Å². The lowest BCUT2D eigenvalue weighted by atomic mass is 10.0. The van der Waals surface area contributed by atoms with E-state index in [4.69, 9.17) is 0 Å². The highest BCUT2D eigenvalue weighted by molar-refractivity contribution is 5.94. The number of nitrogens with zero attached hydrogens (tertiary/aromatic N) is 3. The van der Waals surface area contributed by atoms with Crippen molar-refractivity contribution in [2.24, 2.45) is 7.05 Å². The molecule has 2 amide bonds. The molecule has 4 rings (SSSR count). The number of para-hydroxylation sites is 1. The normalized spacial score (nSPS) is 13.6. The van der Waals surface area contributed by atoms with E-state index in [-0.39, 0.29) is 11.8 Å². The van der Waals surface area contributed by atoms with E-state index < -0.39 is 0 Å². The Morgan fingerprint density at radius 1 is 1.31 bits per heavy atom. The van der Waals surface area contributed by atoms with Crippen molar-refractivity contribution in [1.82, 2.24) is 14.5 Å². The SMILES string of the molecule is Cc1c(CN(C)C(=O)/C=C\c2cnc3c(c2)CCC(=O)N3)c2ccccc2n1C. The van der Waals surface area contributed by atoms with Crippen molar-refractivity contribution in [3.05, 3.63) is 65.0 Å². The Morgan fingerprint density at radius 3 is 2.93 bits per heavy atom. The second-order valence-electron chi connectivity index (χ2n) is 7.49. The molecule has 1 N–H and O–H groups in total. The Labute approximate surface area is 169 Å². The van der Waals surface area contributed by atoms with Gasteiger partial charge in [-0.1, -0.05) is 18.2 Å². The number of carbonyl (C=O) groups is 2. The smallest absolute Gasteiger partial charge is 0.246 e. The van der Waals surface area contributed by atoms with Crippen LogP contribution in [-0.2, 0) is 29.6 Å². The second kappa shape index (κ2) is 7.54. The lowest BCUT2D eigenvalue weighted by molar-refractivity contribution is -0.125. The van der Waals surface area contributed by atoms with Crippen molar-refractivity contribution >= 4 is 34.6 Å². The van der Waals surface area contributed by atoms with E-state index in [1.54, 1.807) is 23.2 Å². The number of aromatic nitrogens is 2. The van der Waals surface area contributed by atoms with Gasteiger partial charge in [0.15, 0.2) is 0 Å². The molecule has 0 bridgehead atoms. The predicted molar refractivity (Wildman–Crippen MR) is 114 cm³/mol. The van der Waals surface area contributed by atoms with Crippen molar-refractivity contribution in [3.8, 4) is 0 Å². The fraction of sp³-hybridized carbons (Fsp3) is 0.261. The number of hydrogen-bond donors (Lipinski definition) is 1. The molecule has 0 fully saturated rings. The molecule has 1 aliphatic rings. The summed E-state index contributed by atoms with van der Waals surface area (Å²) in [7, 11) is 3.86. The molecule has 29 heavy (non-hydrogen) atoms. The van der Waals surface area contributed by atoms with Crippen molar-refractivity contribution in [2.45, 2.75) is 26.3 Å². The summed E-state index contributed by atoms with van der Waals surface area (Å²) in [4.78, 5) is 30.1. The fourth-order valence-electron chi connectivity index (χ4n) is 3.77. The monoisotopic (exact) mass is 388 g/mol. The molecule has 148 valence electrons. The van der Waals surface area contributed by atoms with Gasteiger partial charge in [0.2, 0.25) is 11.8 Å². The maximum Gasteiger partial charge on any atom is 0.246 e. The number of hydrogen-bond acceptors (Lipinski definition) is 3. The number of rotatable bonds is 4. The maximum absolute atomic E-state index is 12.7. The summed E-state index contributed by atoms with van der Waals surface area (Å²) < 4.78 is 2.16. The van der Waals surface area contributed by atoms with Crippen LogP contribution in [0.1, 0.15) is 28.8 Å². The van der Waals surface area contributed by atoms with Gasteiger partial charge in [-0.15, -0.1) is 0 Å². The van der Waals surface area contributed by atoms with Gasteiger partial charge in [-0.3, -0.25) is 9.59 Å². The van der Waals surface area contributed by atoms with Gasteiger partial charge in [-0.25, -0.2) is 4.98 Å². The van der Waals surface area contributed by atoms with Crippen LogP contribution >= 0.6 is 0 Å². The van der Waals surface area contributed by atoms with Crippen molar-refractivity contribution in [3.63, 3.8) is 0 Å². The van der Waals surface area contributed by atoms with E-state index in [0.29, 0.717) is 25.2 Å². The molecular weight excluding hydrogens is 364 g/mol. The number of carbonyl (C=O) groups excluding carboxylic acids is 2. The summed E-state index contributed by atoms with van der Waals surface area (Å²) in [5.74, 6) is 0.547. The van der Waals surface area contributed by atoms with Crippen LogP contribution in [0.4, 0.5) is 5.82 Å². The molecule has 0 atom stereocenters. The molecule has 3 heterocycles. The first kappa shape index (κ1) is 18.9. The molecule has 2 aromatic heterocycles. The first-order valence-corrected chi connectivity index (χ1v) is 9.69. The summed E-state index contributed by atoms with van der Waals surface area (Å²) in [6.07, 6.45) is 6.16. The molecular formula is C23H24N4O2. The summed E-state index contributed by atoms with van der Waals surface area (Å²) in [6.45, 7) is 2.63. The van der Waals surface area contributed by atoms with Crippen LogP contribution in [0.15, 0.2) is 42.6 Å². The van der Waals surface area contributed by atoms with E-state index in [2.05, 4.69) is 41.0 Å². The average molecular weight is 388 g/mol. The van der Waals surface area contributed by atoms with E-state index in [1.807, 2.05) is 25.2 Å². The third-order valence-electron chi connectivity index (χ3n) is 5.59. The van der Waals surface area contributed by atoms with Crippen LogP contribution in [0.5, 0.6) is 0 Å². The standard InChI is InChI=1S/C23H24N4O2/c1-15-19(18-6-4-5-7-20(18)27(15)3)14-26(2)22(29)11-8-16-12-17-9-10-21(28)25-23(17)24-13-16/h4-8,11-13H,9-10,14H2,1-3H3,(H,24,25,28)/b11-8-. The van der Waals surface area contributed by atoms with Gasteiger partial charge in [0.1, 0.15) is 5.82 Å². The molecule has 3 aromatic rings. The highest BCUT2D eigenvalue weighted by Gasteiger charge is 2.17. The van der Waals surface area contributed by atoms with Gasteiger partial charge >= 0.3 is 0 Å². The Hall–Kier alpha value is -3.41. The Kier molecular flexibility index (Phi) is 4.92. The summed E-state index contributed by atoms with van der Waals surface area (Å²) in [5, 5.41) is 3.95. The van der Waals surface area contributed by atoms with Crippen LogP contribution in [0.3, 0.4) is 0 Å². The predicted octanol–water partition coefficient (Wildman–Crippen LogP) is 3.44. The van der Waals surface area contributed by atoms with E-state index in [1.165, 1.54) is 16.5 Å².